The lowest BCUT2D eigenvalue weighted by atomic mass is 9.96. The number of carbonyl (C=O) groups is 1. The van der Waals surface area contributed by atoms with Gasteiger partial charge in [-0.1, -0.05) is 13.0 Å². The number of halogens is 1. The van der Waals surface area contributed by atoms with Gasteiger partial charge in [0.15, 0.2) is 11.5 Å². The van der Waals surface area contributed by atoms with Gasteiger partial charge in [-0.05, 0) is 17.7 Å². The molecule has 1 aromatic rings. The molecule has 98 valence electrons. The maximum atomic E-state index is 13.4. The molecule has 1 heterocycles. The first-order valence-electron chi connectivity index (χ1n) is 5.86. The average molecular weight is 254 g/mol. The second-order valence-corrected chi connectivity index (χ2v) is 4.29. The van der Waals surface area contributed by atoms with Crippen LogP contribution in [0.4, 0.5) is 4.39 Å². The zero-order chi connectivity index (χ0) is 13.1. The van der Waals surface area contributed by atoms with Crippen molar-refractivity contribution >= 4 is 5.97 Å². The van der Waals surface area contributed by atoms with E-state index in [2.05, 4.69) is 0 Å². The van der Waals surface area contributed by atoms with E-state index in [0.29, 0.717) is 30.3 Å². The van der Waals surface area contributed by atoms with Crippen molar-refractivity contribution in [3.63, 3.8) is 0 Å². The minimum Gasteiger partial charge on any atom is -0.490 e. The molecule has 0 saturated carbocycles. The molecule has 5 heteroatoms. The highest BCUT2D eigenvalue weighted by Crippen LogP contribution is 2.34. The highest BCUT2D eigenvalue weighted by molar-refractivity contribution is 5.73. The largest absolute Gasteiger partial charge is 0.490 e. The molecule has 0 amide bonds. The second kappa shape index (κ2) is 5.25. The average Bonchev–Trinajstić information content (AvgIpc) is 2.60. The van der Waals surface area contributed by atoms with Gasteiger partial charge in [-0.25, -0.2) is 9.18 Å². The molecule has 4 nitrogen and oxygen atoms in total. The Labute approximate surface area is 104 Å². The number of hydrogen-bond donors (Lipinski definition) is 1. The van der Waals surface area contributed by atoms with Crippen molar-refractivity contribution < 1.29 is 23.8 Å². The van der Waals surface area contributed by atoms with Gasteiger partial charge in [0.1, 0.15) is 0 Å². The fraction of sp³-hybridized carbons (Fsp3) is 0.462. The van der Waals surface area contributed by atoms with Crippen LogP contribution in [0.15, 0.2) is 18.2 Å². The molecule has 1 aliphatic heterocycles. The summed E-state index contributed by atoms with van der Waals surface area (Å²) in [5.74, 6) is -1.00. The number of carboxylic acids is 1. The van der Waals surface area contributed by atoms with Gasteiger partial charge in [0.25, 0.3) is 0 Å². The molecule has 0 saturated heterocycles. The lowest BCUT2D eigenvalue weighted by Gasteiger charge is -2.15. The summed E-state index contributed by atoms with van der Waals surface area (Å²) in [6, 6.07) is 5.02. The van der Waals surface area contributed by atoms with Crippen LogP contribution >= 0.6 is 0 Å². The minimum absolute atomic E-state index is 0.544. The van der Waals surface area contributed by atoms with Crippen LogP contribution in [0, 0.1) is 0 Å². The summed E-state index contributed by atoms with van der Waals surface area (Å²) in [7, 11) is 0. The molecule has 0 bridgehead atoms. The third-order valence-electron chi connectivity index (χ3n) is 2.97. The van der Waals surface area contributed by atoms with Gasteiger partial charge in [-0.2, -0.15) is 0 Å². The van der Waals surface area contributed by atoms with E-state index in [9.17, 15) is 9.18 Å². The smallest absolute Gasteiger partial charge is 0.338 e. The number of hydrogen-bond acceptors (Lipinski definition) is 3. The Morgan fingerprint density at radius 3 is 2.67 bits per heavy atom. The SMILES string of the molecule is CC(c1ccc2c(c1)OCCCO2)C(F)C(=O)O. The Bertz CT molecular complexity index is 447. The van der Waals surface area contributed by atoms with Crippen molar-refractivity contribution in [2.45, 2.75) is 25.4 Å². The lowest BCUT2D eigenvalue weighted by molar-refractivity contribution is -0.143. The Kier molecular flexibility index (Phi) is 3.69. The molecule has 0 fully saturated rings. The van der Waals surface area contributed by atoms with Gasteiger partial charge >= 0.3 is 5.97 Å². The van der Waals surface area contributed by atoms with E-state index in [1.54, 1.807) is 18.2 Å². The number of fused-ring (bicyclic) bond motifs is 1. The highest BCUT2D eigenvalue weighted by Gasteiger charge is 2.26. The first-order valence-corrected chi connectivity index (χ1v) is 5.86. The normalized spacial score (nSPS) is 17.7. The predicted octanol–water partition coefficient (Wildman–Crippen LogP) is 2.37. The summed E-state index contributed by atoms with van der Waals surface area (Å²) in [5.41, 5.74) is 0.592. The molecule has 0 aliphatic carbocycles. The standard InChI is InChI=1S/C13H15FO4/c1-8(12(14)13(15)16)9-3-4-10-11(7-9)18-6-2-5-17-10/h3-4,7-8,12H,2,5-6H2,1H3,(H,15,16). The third-order valence-corrected chi connectivity index (χ3v) is 2.97. The van der Waals surface area contributed by atoms with Crippen molar-refractivity contribution in [1.82, 2.24) is 0 Å². The molecular formula is C13H15FO4. The second-order valence-electron chi connectivity index (χ2n) is 4.29. The van der Waals surface area contributed by atoms with E-state index < -0.39 is 18.1 Å². The van der Waals surface area contributed by atoms with Gasteiger partial charge in [0, 0.05) is 12.3 Å². The van der Waals surface area contributed by atoms with Crippen LogP contribution in [0.3, 0.4) is 0 Å². The molecule has 2 rings (SSSR count). The minimum atomic E-state index is -1.92. The molecule has 18 heavy (non-hydrogen) atoms. The third kappa shape index (κ3) is 2.55. The van der Waals surface area contributed by atoms with Gasteiger partial charge in [-0.3, -0.25) is 0 Å². The summed E-state index contributed by atoms with van der Waals surface area (Å²) < 4.78 is 24.4. The summed E-state index contributed by atoms with van der Waals surface area (Å²) >= 11 is 0. The number of benzene rings is 1. The van der Waals surface area contributed by atoms with E-state index in [4.69, 9.17) is 14.6 Å². The molecule has 1 aliphatic rings. The number of aliphatic carboxylic acids is 1. The van der Waals surface area contributed by atoms with Crippen LogP contribution in [0.25, 0.3) is 0 Å². The zero-order valence-electron chi connectivity index (χ0n) is 10.1. The van der Waals surface area contributed by atoms with Crippen LogP contribution in [-0.2, 0) is 4.79 Å². The molecule has 1 N–H and O–H groups in total. The van der Waals surface area contributed by atoms with E-state index in [1.807, 2.05) is 0 Å². The maximum Gasteiger partial charge on any atom is 0.338 e. The predicted molar refractivity (Wildman–Crippen MR) is 63.0 cm³/mol. The fourth-order valence-corrected chi connectivity index (χ4v) is 1.85. The van der Waals surface area contributed by atoms with Crippen molar-refractivity contribution in [3.8, 4) is 11.5 Å². The number of ether oxygens (including phenoxy) is 2. The first kappa shape index (κ1) is 12.7. The van der Waals surface area contributed by atoms with Crippen LogP contribution < -0.4 is 9.47 Å². The molecule has 0 radical (unpaired) electrons. The van der Waals surface area contributed by atoms with Crippen molar-refractivity contribution in [3.05, 3.63) is 23.8 Å². The van der Waals surface area contributed by atoms with Crippen molar-refractivity contribution in [2.75, 3.05) is 13.2 Å². The van der Waals surface area contributed by atoms with Gasteiger partial charge in [0.2, 0.25) is 6.17 Å². The fourth-order valence-electron chi connectivity index (χ4n) is 1.85. The van der Waals surface area contributed by atoms with Gasteiger partial charge in [-0.15, -0.1) is 0 Å². The quantitative estimate of drug-likeness (QED) is 0.899. The van der Waals surface area contributed by atoms with Crippen LogP contribution in [0.5, 0.6) is 11.5 Å². The topological polar surface area (TPSA) is 55.8 Å². The molecular weight excluding hydrogens is 239 g/mol. The first-order chi connectivity index (χ1) is 8.59. The Morgan fingerprint density at radius 1 is 1.33 bits per heavy atom. The van der Waals surface area contributed by atoms with Crippen molar-refractivity contribution in [1.29, 1.82) is 0 Å². The number of rotatable bonds is 3. The van der Waals surface area contributed by atoms with E-state index in [0.717, 1.165) is 6.42 Å². The van der Waals surface area contributed by atoms with E-state index >= 15 is 0 Å². The summed E-state index contributed by atoms with van der Waals surface area (Å²) in [6.45, 7) is 2.67. The van der Waals surface area contributed by atoms with Crippen LogP contribution in [0.2, 0.25) is 0 Å². The monoisotopic (exact) mass is 254 g/mol. The summed E-state index contributed by atoms with van der Waals surface area (Å²) in [4.78, 5) is 10.6. The van der Waals surface area contributed by atoms with E-state index in [-0.39, 0.29) is 0 Å². The highest BCUT2D eigenvalue weighted by atomic mass is 19.1. The number of carboxylic acid groups (broad SMARTS) is 1. The Balaban J connectivity index is 2.25. The van der Waals surface area contributed by atoms with Crippen LogP contribution in [-0.4, -0.2) is 30.5 Å². The molecule has 2 unspecified atom stereocenters. The zero-order valence-corrected chi connectivity index (χ0v) is 10.1. The van der Waals surface area contributed by atoms with Gasteiger partial charge < -0.3 is 14.6 Å². The summed E-state index contributed by atoms with van der Waals surface area (Å²) in [5, 5.41) is 8.67. The van der Waals surface area contributed by atoms with E-state index in [1.165, 1.54) is 6.92 Å². The van der Waals surface area contributed by atoms with Crippen molar-refractivity contribution in [2.24, 2.45) is 0 Å². The lowest BCUT2D eigenvalue weighted by Crippen LogP contribution is -2.21. The summed E-state index contributed by atoms with van der Waals surface area (Å²) in [6.07, 6.45) is -1.13. The maximum absolute atomic E-state index is 13.4. The molecule has 1 aromatic carbocycles. The van der Waals surface area contributed by atoms with Gasteiger partial charge in [0.05, 0.1) is 13.2 Å². The Morgan fingerprint density at radius 2 is 2.00 bits per heavy atom. The molecule has 2 atom stereocenters. The number of alkyl halides is 1. The Hall–Kier alpha value is -1.78. The molecule has 0 spiro atoms. The molecule has 0 aromatic heterocycles. The van der Waals surface area contributed by atoms with Crippen LogP contribution in [0.1, 0.15) is 24.8 Å².